The van der Waals surface area contributed by atoms with Crippen molar-refractivity contribution in [3.63, 3.8) is 0 Å². The molecule has 0 bridgehead atoms. The molecular weight excluding hydrogens is 332 g/mol. The Balaban J connectivity index is 2.23. The van der Waals surface area contributed by atoms with Crippen molar-refractivity contribution in [2.45, 2.75) is 46.1 Å². The van der Waals surface area contributed by atoms with E-state index >= 15 is 0 Å². The molecule has 0 radical (unpaired) electrons. The molecule has 0 aliphatic carbocycles. The van der Waals surface area contributed by atoms with Crippen LogP contribution in [0.2, 0.25) is 0 Å². The standard InChI is InChI=1S/C21H20O5/c1-4-6-13-7-8-14-19(25-13)17-12(5-2)10-16(23)26-21(17)18-15(22)9-11(3)24-20(14)18/h7-10,13H,4-6H2,1-3H3. The van der Waals surface area contributed by atoms with Gasteiger partial charge in [0.25, 0.3) is 0 Å². The van der Waals surface area contributed by atoms with E-state index in [-0.39, 0.29) is 17.1 Å². The quantitative estimate of drug-likeness (QED) is 0.518. The van der Waals surface area contributed by atoms with Crippen LogP contribution in [-0.4, -0.2) is 6.10 Å². The van der Waals surface area contributed by atoms with E-state index < -0.39 is 5.63 Å². The molecule has 0 saturated heterocycles. The lowest BCUT2D eigenvalue weighted by atomic mass is 9.97. The monoisotopic (exact) mass is 352 g/mol. The van der Waals surface area contributed by atoms with Crippen molar-refractivity contribution < 1.29 is 13.6 Å². The van der Waals surface area contributed by atoms with Gasteiger partial charge in [-0.25, -0.2) is 4.79 Å². The van der Waals surface area contributed by atoms with Gasteiger partial charge in [0.1, 0.15) is 23.0 Å². The average Bonchev–Trinajstić information content (AvgIpc) is 2.60. The SMILES string of the molecule is CCCC1C=Cc2c(c3c(CC)cc(=O)oc3c3c(=O)cc(C)oc23)O1. The van der Waals surface area contributed by atoms with Crippen LogP contribution in [0.25, 0.3) is 28.0 Å². The first-order valence-electron chi connectivity index (χ1n) is 8.95. The van der Waals surface area contributed by atoms with Crippen molar-refractivity contribution in [1.29, 1.82) is 0 Å². The predicted molar refractivity (Wildman–Crippen MR) is 101 cm³/mol. The van der Waals surface area contributed by atoms with Gasteiger partial charge in [0.2, 0.25) is 0 Å². The van der Waals surface area contributed by atoms with Crippen LogP contribution in [0.5, 0.6) is 5.75 Å². The molecule has 3 heterocycles. The number of fused-ring (bicyclic) bond motifs is 6. The minimum atomic E-state index is -0.480. The third kappa shape index (κ3) is 2.46. The molecule has 1 aliphatic heterocycles. The minimum Gasteiger partial charge on any atom is -0.485 e. The number of hydrogen-bond donors (Lipinski definition) is 0. The Morgan fingerprint density at radius 3 is 2.58 bits per heavy atom. The lowest BCUT2D eigenvalue weighted by Crippen LogP contribution is -2.18. The van der Waals surface area contributed by atoms with E-state index in [0.29, 0.717) is 34.3 Å². The predicted octanol–water partition coefficient (Wildman–Crippen LogP) is 4.34. The molecule has 5 heteroatoms. The first-order valence-corrected chi connectivity index (χ1v) is 8.95. The molecule has 1 aromatic carbocycles. The Morgan fingerprint density at radius 2 is 1.85 bits per heavy atom. The van der Waals surface area contributed by atoms with E-state index in [1.807, 2.05) is 19.1 Å². The summed E-state index contributed by atoms with van der Waals surface area (Å²) in [5, 5.41) is 0.982. The normalized spacial score (nSPS) is 16.0. The molecule has 5 nitrogen and oxygen atoms in total. The van der Waals surface area contributed by atoms with E-state index in [0.717, 1.165) is 24.0 Å². The fraction of sp³-hybridized carbons (Fsp3) is 0.333. The minimum absolute atomic E-state index is 0.0543. The van der Waals surface area contributed by atoms with Crippen LogP contribution in [0.15, 0.2) is 36.6 Å². The number of rotatable bonds is 3. The zero-order valence-electron chi connectivity index (χ0n) is 15.0. The van der Waals surface area contributed by atoms with Crippen LogP contribution in [0.1, 0.15) is 43.6 Å². The van der Waals surface area contributed by atoms with Crippen LogP contribution in [-0.2, 0) is 6.42 Å². The second kappa shape index (κ2) is 6.16. The van der Waals surface area contributed by atoms with Gasteiger partial charge in [-0.15, -0.1) is 0 Å². The maximum atomic E-state index is 12.7. The Kier molecular flexibility index (Phi) is 3.94. The Hall–Kier alpha value is -2.82. The van der Waals surface area contributed by atoms with E-state index in [1.54, 1.807) is 6.92 Å². The van der Waals surface area contributed by atoms with Crippen molar-refractivity contribution in [3.8, 4) is 5.75 Å². The van der Waals surface area contributed by atoms with Gasteiger partial charge in [-0.05, 0) is 37.5 Å². The van der Waals surface area contributed by atoms with Crippen LogP contribution >= 0.6 is 0 Å². The summed E-state index contributed by atoms with van der Waals surface area (Å²) in [6.07, 6.45) is 6.38. The van der Waals surface area contributed by atoms with Gasteiger partial charge in [0.15, 0.2) is 16.6 Å². The third-order valence-corrected chi connectivity index (χ3v) is 4.76. The zero-order valence-corrected chi connectivity index (χ0v) is 15.0. The van der Waals surface area contributed by atoms with Crippen molar-refractivity contribution >= 4 is 28.0 Å². The number of ether oxygens (including phenoxy) is 1. The maximum absolute atomic E-state index is 12.7. The number of benzene rings is 1. The van der Waals surface area contributed by atoms with E-state index in [9.17, 15) is 9.59 Å². The number of aryl methyl sites for hydroxylation is 2. The highest BCUT2D eigenvalue weighted by Gasteiger charge is 2.26. The van der Waals surface area contributed by atoms with Gasteiger partial charge in [0, 0.05) is 12.1 Å². The summed E-state index contributed by atoms with van der Waals surface area (Å²) in [6.45, 7) is 5.79. The lowest BCUT2D eigenvalue weighted by Gasteiger charge is -2.24. The Labute approximate surface area is 149 Å². The van der Waals surface area contributed by atoms with E-state index in [2.05, 4.69) is 6.92 Å². The fourth-order valence-electron chi connectivity index (χ4n) is 3.61. The highest BCUT2D eigenvalue weighted by molar-refractivity contribution is 6.10. The lowest BCUT2D eigenvalue weighted by molar-refractivity contribution is 0.236. The first-order chi connectivity index (χ1) is 12.5. The summed E-state index contributed by atoms with van der Waals surface area (Å²) in [4.78, 5) is 24.8. The molecule has 0 saturated carbocycles. The highest BCUT2D eigenvalue weighted by Crippen LogP contribution is 2.42. The van der Waals surface area contributed by atoms with Gasteiger partial charge in [-0.1, -0.05) is 20.3 Å². The molecule has 0 N–H and O–H groups in total. The molecule has 2 aromatic heterocycles. The highest BCUT2D eigenvalue weighted by atomic mass is 16.5. The second-order valence-electron chi connectivity index (χ2n) is 6.62. The Bertz CT molecular complexity index is 1160. The maximum Gasteiger partial charge on any atom is 0.336 e. The largest absolute Gasteiger partial charge is 0.485 e. The molecule has 134 valence electrons. The van der Waals surface area contributed by atoms with Crippen molar-refractivity contribution in [3.05, 3.63) is 55.7 Å². The molecule has 3 aromatic rings. The summed E-state index contributed by atoms with van der Waals surface area (Å²) in [5.74, 6) is 1.13. The van der Waals surface area contributed by atoms with Crippen LogP contribution in [0.3, 0.4) is 0 Å². The molecule has 26 heavy (non-hydrogen) atoms. The van der Waals surface area contributed by atoms with E-state index in [1.165, 1.54) is 12.1 Å². The number of hydrogen-bond acceptors (Lipinski definition) is 5. The summed E-state index contributed by atoms with van der Waals surface area (Å²) < 4.78 is 17.6. The van der Waals surface area contributed by atoms with Crippen LogP contribution in [0.4, 0.5) is 0 Å². The molecule has 1 unspecified atom stereocenters. The smallest absolute Gasteiger partial charge is 0.336 e. The summed E-state index contributed by atoms with van der Waals surface area (Å²) >= 11 is 0. The summed E-state index contributed by atoms with van der Waals surface area (Å²) in [5.41, 5.74) is 1.48. The zero-order chi connectivity index (χ0) is 18.4. The summed E-state index contributed by atoms with van der Waals surface area (Å²) in [6, 6.07) is 2.89. The Morgan fingerprint density at radius 1 is 1.04 bits per heavy atom. The van der Waals surface area contributed by atoms with Gasteiger partial charge < -0.3 is 13.6 Å². The van der Waals surface area contributed by atoms with E-state index in [4.69, 9.17) is 13.6 Å². The molecule has 1 atom stereocenters. The first kappa shape index (κ1) is 16.6. The molecule has 0 fully saturated rings. The van der Waals surface area contributed by atoms with Gasteiger partial charge in [-0.3, -0.25) is 4.79 Å². The van der Waals surface area contributed by atoms with Crippen molar-refractivity contribution in [2.75, 3.05) is 0 Å². The average molecular weight is 352 g/mol. The summed E-state index contributed by atoms with van der Waals surface area (Å²) in [7, 11) is 0. The topological polar surface area (TPSA) is 69.7 Å². The molecule has 0 spiro atoms. The molecular formula is C21H20O5. The van der Waals surface area contributed by atoms with Gasteiger partial charge in [0.05, 0.1) is 10.9 Å². The second-order valence-corrected chi connectivity index (χ2v) is 6.62. The van der Waals surface area contributed by atoms with Gasteiger partial charge in [-0.2, -0.15) is 0 Å². The van der Waals surface area contributed by atoms with Gasteiger partial charge >= 0.3 is 5.63 Å². The molecule has 4 rings (SSSR count). The fourth-order valence-corrected chi connectivity index (χ4v) is 3.61. The van der Waals surface area contributed by atoms with Crippen LogP contribution in [0, 0.1) is 6.92 Å². The van der Waals surface area contributed by atoms with Crippen LogP contribution < -0.4 is 15.8 Å². The third-order valence-electron chi connectivity index (χ3n) is 4.76. The molecule has 1 aliphatic rings. The molecule has 0 amide bonds. The van der Waals surface area contributed by atoms with Crippen molar-refractivity contribution in [1.82, 2.24) is 0 Å². The van der Waals surface area contributed by atoms with Crippen molar-refractivity contribution in [2.24, 2.45) is 0 Å².